The topological polar surface area (TPSA) is 49.8 Å². The van der Waals surface area contributed by atoms with E-state index in [1.165, 1.54) is 18.7 Å². The summed E-state index contributed by atoms with van der Waals surface area (Å²) in [5, 5.41) is 9.60. The van der Waals surface area contributed by atoms with E-state index in [1.807, 2.05) is 18.2 Å². The number of ether oxygens (including phenoxy) is 1. The van der Waals surface area contributed by atoms with Crippen LogP contribution in [0.1, 0.15) is 35.2 Å². The third kappa shape index (κ3) is 2.15. The summed E-state index contributed by atoms with van der Waals surface area (Å²) in [5.41, 5.74) is 1.56. The van der Waals surface area contributed by atoms with Crippen molar-refractivity contribution in [3.05, 3.63) is 59.4 Å². The molecule has 0 heterocycles. The average molecular weight is 341 g/mol. The number of rotatable bonds is 4. The molecular formula is C20H20FNO3. The van der Waals surface area contributed by atoms with Gasteiger partial charge in [-0.15, -0.1) is 0 Å². The predicted octanol–water partition coefficient (Wildman–Crippen LogP) is 3.49. The largest absolute Gasteiger partial charge is 0.502 e. The molecule has 1 N–H and O–H groups in total. The Morgan fingerprint density at radius 3 is 2.44 bits per heavy atom. The third-order valence-electron chi connectivity index (χ3n) is 5.90. The van der Waals surface area contributed by atoms with E-state index < -0.39 is 11.6 Å². The Morgan fingerprint density at radius 2 is 1.84 bits per heavy atom. The monoisotopic (exact) mass is 341 g/mol. The van der Waals surface area contributed by atoms with Crippen molar-refractivity contribution in [3.63, 3.8) is 0 Å². The van der Waals surface area contributed by atoms with E-state index in [0.29, 0.717) is 0 Å². The molecule has 2 aromatic carbocycles. The van der Waals surface area contributed by atoms with Gasteiger partial charge in [0.15, 0.2) is 17.3 Å². The van der Waals surface area contributed by atoms with Crippen LogP contribution in [-0.4, -0.2) is 35.6 Å². The van der Waals surface area contributed by atoms with Crippen molar-refractivity contribution < 1.29 is 19.0 Å². The van der Waals surface area contributed by atoms with Crippen molar-refractivity contribution in [2.24, 2.45) is 0 Å². The Labute approximate surface area is 145 Å². The van der Waals surface area contributed by atoms with Gasteiger partial charge in [-0.1, -0.05) is 30.3 Å². The maximum atomic E-state index is 13.8. The second-order valence-electron chi connectivity index (χ2n) is 7.27. The number of carbonyl (C=O) groups excluding carboxylic acids is 1. The Balaban J connectivity index is 1.53. The van der Waals surface area contributed by atoms with Crippen LogP contribution >= 0.6 is 0 Å². The molecule has 0 radical (unpaired) electrons. The molecule has 25 heavy (non-hydrogen) atoms. The number of phenols is 1. The Morgan fingerprint density at radius 1 is 1.20 bits per heavy atom. The van der Waals surface area contributed by atoms with Crippen molar-refractivity contribution >= 4 is 5.91 Å². The minimum atomic E-state index is -0.852. The lowest BCUT2D eigenvalue weighted by molar-refractivity contribution is -0.143. The van der Waals surface area contributed by atoms with Crippen LogP contribution in [0.2, 0.25) is 0 Å². The lowest BCUT2D eigenvalue weighted by atomic mass is 9.37. The van der Waals surface area contributed by atoms with Crippen LogP contribution in [0.5, 0.6) is 11.5 Å². The second kappa shape index (κ2) is 5.22. The van der Waals surface area contributed by atoms with Crippen molar-refractivity contribution in [2.75, 3.05) is 14.2 Å². The molecule has 5 heteroatoms. The summed E-state index contributed by atoms with van der Waals surface area (Å²) in [6, 6.07) is 12.8. The number of hydrogen-bond acceptors (Lipinski definition) is 3. The summed E-state index contributed by atoms with van der Waals surface area (Å²) < 4.78 is 18.8. The van der Waals surface area contributed by atoms with E-state index in [2.05, 4.69) is 12.1 Å². The molecule has 5 rings (SSSR count). The van der Waals surface area contributed by atoms with Gasteiger partial charge in [0.1, 0.15) is 0 Å². The number of nitrogens with zero attached hydrogens (tertiary/aromatic N) is 1. The smallest absolute Gasteiger partial charge is 0.254 e. The number of carbonyl (C=O) groups is 1. The van der Waals surface area contributed by atoms with Gasteiger partial charge in [-0.3, -0.25) is 4.79 Å². The number of amides is 1. The summed E-state index contributed by atoms with van der Waals surface area (Å²) in [7, 11) is 3.10. The van der Waals surface area contributed by atoms with E-state index in [1.54, 1.807) is 11.9 Å². The number of aromatic hydroxyl groups is 1. The van der Waals surface area contributed by atoms with Crippen LogP contribution in [0.25, 0.3) is 0 Å². The minimum absolute atomic E-state index is 0.0323. The van der Waals surface area contributed by atoms with E-state index in [0.717, 1.165) is 25.3 Å². The highest BCUT2D eigenvalue weighted by atomic mass is 19.1. The molecule has 0 unspecified atom stereocenters. The Hall–Kier alpha value is -2.56. The zero-order valence-electron chi connectivity index (χ0n) is 14.3. The molecule has 3 aliphatic carbocycles. The fraction of sp³-hybridized carbons (Fsp3) is 0.350. The molecule has 3 fully saturated rings. The number of phenolic OH excluding ortho intramolecular Hbond substituents is 1. The Bertz CT molecular complexity index is 830. The van der Waals surface area contributed by atoms with Crippen molar-refractivity contribution in [1.29, 1.82) is 0 Å². The lowest BCUT2D eigenvalue weighted by Gasteiger charge is -2.73. The number of halogens is 1. The molecule has 2 aromatic rings. The first-order valence-electron chi connectivity index (χ1n) is 8.31. The van der Waals surface area contributed by atoms with Crippen LogP contribution in [0, 0.1) is 5.82 Å². The molecule has 130 valence electrons. The highest BCUT2D eigenvalue weighted by molar-refractivity contribution is 5.95. The molecular weight excluding hydrogens is 321 g/mol. The highest BCUT2D eigenvalue weighted by Gasteiger charge is 2.70. The van der Waals surface area contributed by atoms with E-state index >= 15 is 0 Å². The maximum absolute atomic E-state index is 13.8. The normalized spacial score (nSPS) is 26.4. The fourth-order valence-electron chi connectivity index (χ4n) is 4.45. The molecule has 2 bridgehead atoms. The Kier molecular flexibility index (Phi) is 3.33. The van der Waals surface area contributed by atoms with Gasteiger partial charge in [0, 0.05) is 23.6 Å². The van der Waals surface area contributed by atoms with Gasteiger partial charge in [-0.2, -0.15) is 0 Å². The van der Waals surface area contributed by atoms with Crippen LogP contribution in [0.15, 0.2) is 42.5 Å². The van der Waals surface area contributed by atoms with Gasteiger partial charge >= 0.3 is 0 Å². The molecule has 4 nitrogen and oxygen atoms in total. The quantitative estimate of drug-likeness (QED) is 0.926. The van der Waals surface area contributed by atoms with Gasteiger partial charge in [0.2, 0.25) is 0 Å². The van der Waals surface area contributed by atoms with Gasteiger partial charge in [0.25, 0.3) is 5.91 Å². The van der Waals surface area contributed by atoms with Gasteiger partial charge < -0.3 is 14.7 Å². The summed E-state index contributed by atoms with van der Waals surface area (Å²) in [4.78, 5) is 14.5. The zero-order chi connectivity index (χ0) is 17.8. The molecule has 3 saturated carbocycles. The molecule has 0 atom stereocenters. The van der Waals surface area contributed by atoms with E-state index in [9.17, 15) is 14.3 Å². The average Bonchev–Trinajstić information content (AvgIpc) is 2.55. The molecule has 3 aliphatic rings. The molecule has 0 saturated heterocycles. The highest BCUT2D eigenvalue weighted by Crippen LogP contribution is 2.70. The fourth-order valence-corrected chi connectivity index (χ4v) is 4.45. The van der Waals surface area contributed by atoms with Crippen molar-refractivity contribution in [1.82, 2.24) is 4.90 Å². The number of benzene rings is 2. The van der Waals surface area contributed by atoms with Crippen LogP contribution < -0.4 is 4.74 Å². The third-order valence-corrected chi connectivity index (χ3v) is 5.90. The lowest BCUT2D eigenvalue weighted by Crippen LogP contribution is -2.76. The standard InChI is InChI=1S/C20H20FNO3/c1-22(18(24)13-8-15(21)17(23)16(9-13)25-2)20-10-19(11-20,12-20)14-6-4-3-5-7-14/h3-9,23H,10-12H2,1-2H3. The molecule has 0 aromatic heterocycles. The molecule has 0 aliphatic heterocycles. The summed E-state index contributed by atoms with van der Waals surface area (Å²) in [5.74, 6) is -1.71. The minimum Gasteiger partial charge on any atom is -0.502 e. The van der Waals surface area contributed by atoms with Crippen LogP contribution in [0.4, 0.5) is 4.39 Å². The first kappa shape index (κ1) is 15.9. The molecule has 0 spiro atoms. The van der Waals surface area contributed by atoms with Crippen LogP contribution in [-0.2, 0) is 5.41 Å². The van der Waals surface area contributed by atoms with Crippen LogP contribution in [0.3, 0.4) is 0 Å². The van der Waals surface area contributed by atoms with Crippen molar-refractivity contribution in [2.45, 2.75) is 30.2 Å². The maximum Gasteiger partial charge on any atom is 0.254 e. The SMILES string of the molecule is COc1cc(C(=O)N(C)C23CC(c4ccccc4)(C2)C3)cc(F)c1O. The van der Waals surface area contributed by atoms with Gasteiger partial charge in [-0.25, -0.2) is 4.39 Å². The number of methoxy groups -OCH3 is 1. The van der Waals surface area contributed by atoms with E-state index in [-0.39, 0.29) is 28.2 Å². The number of hydrogen-bond donors (Lipinski definition) is 1. The zero-order valence-corrected chi connectivity index (χ0v) is 14.3. The van der Waals surface area contributed by atoms with Gasteiger partial charge in [0.05, 0.1) is 7.11 Å². The summed E-state index contributed by atoms with van der Waals surface area (Å²) >= 11 is 0. The van der Waals surface area contributed by atoms with Crippen molar-refractivity contribution in [3.8, 4) is 11.5 Å². The summed E-state index contributed by atoms with van der Waals surface area (Å²) in [6.45, 7) is 0. The van der Waals surface area contributed by atoms with E-state index in [4.69, 9.17) is 4.74 Å². The molecule has 1 amide bonds. The second-order valence-corrected chi connectivity index (χ2v) is 7.27. The summed E-state index contributed by atoms with van der Waals surface area (Å²) in [6.07, 6.45) is 2.80. The predicted molar refractivity (Wildman–Crippen MR) is 91.4 cm³/mol. The first-order chi connectivity index (χ1) is 11.9. The van der Waals surface area contributed by atoms with Gasteiger partial charge in [-0.05, 0) is 37.0 Å². The first-order valence-corrected chi connectivity index (χ1v) is 8.31.